The average Bonchev–Trinajstić information content (AvgIpc) is 2.23. The van der Waals surface area contributed by atoms with Crippen molar-refractivity contribution in [1.82, 2.24) is 4.98 Å². The molecule has 0 saturated heterocycles. The Bertz CT molecular complexity index is 502. The van der Waals surface area contributed by atoms with E-state index in [1.165, 1.54) is 0 Å². The topological polar surface area (TPSA) is 91.9 Å². The van der Waals surface area contributed by atoms with Gasteiger partial charge in [-0.15, -0.1) is 13.2 Å². The van der Waals surface area contributed by atoms with Crippen molar-refractivity contribution in [1.29, 1.82) is 5.26 Å². The average molecular weight is 247 g/mol. The van der Waals surface area contributed by atoms with Crippen LogP contribution >= 0.6 is 0 Å². The van der Waals surface area contributed by atoms with Crippen molar-refractivity contribution >= 4 is 0 Å². The number of ether oxygens (including phenoxy) is 1. The fourth-order valence-electron chi connectivity index (χ4n) is 1.24. The molecule has 0 unspecified atom stereocenters. The first-order valence-electron chi connectivity index (χ1n) is 4.45. The van der Waals surface area contributed by atoms with Gasteiger partial charge in [-0.3, -0.25) is 4.79 Å². The van der Waals surface area contributed by atoms with Crippen molar-refractivity contribution < 1.29 is 17.9 Å². The highest BCUT2D eigenvalue weighted by Gasteiger charge is 2.32. The number of H-pyrrole nitrogens is 1. The lowest BCUT2D eigenvalue weighted by atomic mass is 10.1. The van der Waals surface area contributed by atoms with E-state index >= 15 is 0 Å². The summed E-state index contributed by atoms with van der Waals surface area (Å²) in [6.07, 6.45) is -4.52. The number of hydrogen-bond donors (Lipinski definition) is 2. The van der Waals surface area contributed by atoms with E-state index in [4.69, 9.17) is 11.0 Å². The van der Waals surface area contributed by atoms with Gasteiger partial charge in [-0.25, -0.2) is 0 Å². The normalized spacial score (nSPS) is 11.0. The van der Waals surface area contributed by atoms with Crippen LogP contribution in [-0.4, -0.2) is 11.3 Å². The molecule has 92 valence electrons. The predicted octanol–water partition coefficient (Wildman–Crippen LogP) is 0.798. The largest absolute Gasteiger partial charge is 0.573 e. The van der Waals surface area contributed by atoms with Crippen LogP contribution in [0.15, 0.2) is 11.0 Å². The Hall–Kier alpha value is -2.01. The van der Waals surface area contributed by atoms with Gasteiger partial charge in [-0.2, -0.15) is 5.26 Å². The number of nitrogens with two attached hydrogens (primary N) is 1. The Morgan fingerprint density at radius 3 is 2.65 bits per heavy atom. The Morgan fingerprint density at radius 1 is 1.53 bits per heavy atom. The Labute approximate surface area is 93.6 Å². The van der Waals surface area contributed by atoms with Gasteiger partial charge in [-0.1, -0.05) is 0 Å². The Morgan fingerprint density at radius 2 is 2.18 bits per heavy atom. The second-order valence-electron chi connectivity index (χ2n) is 3.03. The minimum absolute atomic E-state index is 0.0848. The molecular formula is C9H8F3N3O2. The minimum Gasteiger partial charge on any atom is -0.400 e. The summed E-state index contributed by atoms with van der Waals surface area (Å²) in [6, 6.07) is 1.68. The van der Waals surface area contributed by atoms with Crippen LogP contribution < -0.4 is 15.9 Å². The maximum Gasteiger partial charge on any atom is 0.573 e. The summed E-state index contributed by atoms with van der Waals surface area (Å²) in [5, 5.41) is 8.48. The fraction of sp³-hybridized carbons (Fsp3) is 0.333. The molecule has 0 atom stereocenters. The standard InChI is InChI=1S/C9H8F3N3O2/c10-9(11,12)17-7-4-15-6(3-14)5(1-2-13)8(7)16/h4H,1,3,14H2,(H,15,16). The maximum atomic E-state index is 12.0. The molecule has 3 N–H and O–H groups in total. The molecule has 1 heterocycles. The molecule has 0 bridgehead atoms. The molecule has 0 aliphatic carbocycles. The third-order valence-corrected chi connectivity index (χ3v) is 1.93. The summed E-state index contributed by atoms with van der Waals surface area (Å²) in [5.41, 5.74) is 4.40. The lowest BCUT2D eigenvalue weighted by Crippen LogP contribution is -2.25. The fourth-order valence-corrected chi connectivity index (χ4v) is 1.24. The molecule has 0 fully saturated rings. The second-order valence-corrected chi connectivity index (χ2v) is 3.03. The molecule has 1 rings (SSSR count). The molecule has 0 radical (unpaired) electrons. The van der Waals surface area contributed by atoms with Gasteiger partial charge in [0.05, 0.1) is 12.5 Å². The number of nitriles is 1. The molecule has 0 aliphatic heterocycles. The molecule has 0 amide bonds. The zero-order valence-electron chi connectivity index (χ0n) is 8.47. The third kappa shape index (κ3) is 3.22. The quantitative estimate of drug-likeness (QED) is 0.826. The van der Waals surface area contributed by atoms with Crippen LogP contribution in [0.25, 0.3) is 0 Å². The monoisotopic (exact) mass is 247 g/mol. The van der Waals surface area contributed by atoms with E-state index in [2.05, 4.69) is 9.72 Å². The number of nitrogens with zero attached hydrogens (tertiary/aromatic N) is 1. The zero-order chi connectivity index (χ0) is 13.1. The number of halogens is 3. The summed E-state index contributed by atoms with van der Waals surface area (Å²) >= 11 is 0. The van der Waals surface area contributed by atoms with E-state index in [1.54, 1.807) is 6.07 Å². The van der Waals surface area contributed by atoms with Gasteiger partial charge in [0.1, 0.15) is 0 Å². The van der Waals surface area contributed by atoms with Crippen molar-refractivity contribution in [2.45, 2.75) is 19.3 Å². The third-order valence-electron chi connectivity index (χ3n) is 1.93. The number of rotatable bonds is 3. The summed E-state index contributed by atoms with van der Waals surface area (Å²) in [5.74, 6) is -0.903. The van der Waals surface area contributed by atoms with Crippen LogP contribution in [0.2, 0.25) is 0 Å². The van der Waals surface area contributed by atoms with Gasteiger partial charge in [0.2, 0.25) is 5.43 Å². The van der Waals surface area contributed by atoms with E-state index in [1.807, 2.05) is 0 Å². The predicted molar refractivity (Wildman–Crippen MR) is 51.0 cm³/mol. The Balaban J connectivity index is 3.24. The SMILES string of the molecule is N#CCc1c(CN)[nH]cc(OC(F)(F)F)c1=O. The van der Waals surface area contributed by atoms with Crippen LogP contribution in [0.3, 0.4) is 0 Å². The molecular weight excluding hydrogens is 239 g/mol. The van der Waals surface area contributed by atoms with E-state index in [-0.39, 0.29) is 24.2 Å². The van der Waals surface area contributed by atoms with Crippen molar-refractivity contribution in [3.05, 3.63) is 27.7 Å². The van der Waals surface area contributed by atoms with E-state index in [0.717, 1.165) is 6.20 Å². The summed E-state index contributed by atoms with van der Waals surface area (Å²) < 4.78 is 39.4. The molecule has 0 aromatic carbocycles. The molecule has 17 heavy (non-hydrogen) atoms. The molecule has 1 aromatic heterocycles. The lowest BCUT2D eigenvalue weighted by molar-refractivity contribution is -0.275. The first kappa shape index (κ1) is 13.1. The van der Waals surface area contributed by atoms with Gasteiger partial charge < -0.3 is 15.5 Å². The number of pyridine rings is 1. The summed E-state index contributed by atoms with van der Waals surface area (Å²) in [4.78, 5) is 14.0. The van der Waals surface area contributed by atoms with Gasteiger partial charge in [0.25, 0.3) is 0 Å². The number of aromatic nitrogens is 1. The lowest BCUT2D eigenvalue weighted by Gasteiger charge is -2.10. The van der Waals surface area contributed by atoms with Crippen LogP contribution in [-0.2, 0) is 13.0 Å². The van der Waals surface area contributed by atoms with Crippen molar-refractivity contribution in [3.63, 3.8) is 0 Å². The number of hydrogen-bond acceptors (Lipinski definition) is 4. The number of nitrogens with one attached hydrogen (secondary N) is 1. The van der Waals surface area contributed by atoms with Crippen molar-refractivity contribution in [2.24, 2.45) is 5.73 Å². The van der Waals surface area contributed by atoms with Gasteiger partial charge in [0.15, 0.2) is 5.75 Å². The van der Waals surface area contributed by atoms with Gasteiger partial charge in [0, 0.05) is 24.0 Å². The number of alkyl halides is 3. The van der Waals surface area contributed by atoms with Crippen LogP contribution in [0.1, 0.15) is 11.3 Å². The molecule has 0 spiro atoms. The summed E-state index contributed by atoms with van der Waals surface area (Å²) in [7, 11) is 0. The minimum atomic E-state index is -4.96. The first-order valence-corrected chi connectivity index (χ1v) is 4.45. The Kier molecular flexibility index (Phi) is 3.75. The molecule has 0 aliphatic rings. The van der Waals surface area contributed by atoms with E-state index in [9.17, 15) is 18.0 Å². The van der Waals surface area contributed by atoms with Crippen LogP contribution in [0.4, 0.5) is 13.2 Å². The van der Waals surface area contributed by atoms with Crippen molar-refractivity contribution in [3.8, 4) is 11.8 Å². The van der Waals surface area contributed by atoms with E-state index < -0.39 is 17.5 Å². The zero-order valence-corrected chi connectivity index (χ0v) is 8.47. The molecule has 5 nitrogen and oxygen atoms in total. The maximum absolute atomic E-state index is 12.0. The van der Waals surface area contributed by atoms with Crippen LogP contribution in [0.5, 0.6) is 5.75 Å². The van der Waals surface area contributed by atoms with Gasteiger partial charge >= 0.3 is 6.36 Å². The molecule has 1 aromatic rings. The van der Waals surface area contributed by atoms with Crippen molar-refractivity contribution in [2.75, 3.05) is 0 Å². The highest BCUT2D eigenvalue weighted by Crippen LogP contribution is 2.20. The van der Waals surface area contributed by atoms with E-state index in [0.29, 0.717) is 0 Å². The smallest absolute Gasteiger partial charge is 0.400 e. The van der Waals surface area contributed by atoms with Crippen LogP contribution in [0, 0.1) is 11.3 Å². The number of aromatic amines is 1. The van der Waals surface area contributed by atoms with Gasteiger partial charge in [-0.05, 0) is 0 Å². The first-order chi connectivity index (χ1) is 7.89. The molecule has 0 saturated carbocycles. The highest BCUT2D eigenvalue weighted by molar-refractivity contribution is 5.31. The second kappa shape index (κ2) is 4.88. The highest BCUT2D eigenvalue weighted by atomic mass is 19.4. The summed E-state index contributed by atoms with van der Waals surface area (Å²) in [6.45, 7) is -0.0848. The molecule has 8 heteroatoms.